The predicted octanol–water partition coefficient (Wildman–Crippen LogP) is 2.03. The second-order valence-corrected chi connectivity index (χ2v) is 8.35. The predicted molar refractivity (Wildman–Crippen MR) is 110 cm³/mol. The van der Waals surface area contributed by atoms with Crippen molar-refractivity contribution in [3.8, 4) is 0 Å². The van der Waals surface area contributed by atoms with E-state index in [1.54, 1.807) is 22.6 Å². The highest BCUT2D eigenvalue weighted by atomic mass is 127. The number of unbranched alkanes of at least 4 members (excludes halogenated alkanes) is 1. The number of carbonyl (C=O) groups is 3. The number of amides is 1. The first-order chi connectivity index (χ1) is 13.4. The van der Waals surface area contributed by atoms with Crippen LogP contribution < -0.4 is 10.6 Å². The van der Waals surface area contributed by atoms with E-state index in [2.05, 4.69) is 10.6 Å². The van der Waals surface area contributed by atoms with Gasteiger partial charge in [-0.1, -0.05) is 30.3 Å². The molecule has 3 N–H and O–H groups in total. The van der Waals surface area contributed by atoms with Gasteiger partial charge in [0, 0.05) is 6.54 Å². The molecule has 1 fully saturated rings. The maximum absolute atomic E-state index is 12.0. The summed E-state index contributed by atoms with van der Waals surface area (Å²) in [7, 11) is 0. The van der Waals surface area contributed by atoms with Gasteiger partial charge in [0.15, 0.2) is 0 Å². The molecule has 154 valence electrons. The molecular formula is C19H25IN2O6. The van der Waals surface area contributed by atoms with Crippen molar-refractivity contribution in [3.05, 3.63) is 35.9 Å². The van der Waals surface area contributed by atoms with Crippen LogP contribution in [0.25, 0.3) is 0 Å². The number of rotatable bonds is 9. The molecule has 0 aliphatic carbocycles. The van der Waals surface area contributed by atoms with Gasteiger partial charge in [0.2, 0.25) is 3.61 Å². The number of benzene rings is 1. The summed E-state index contributed by atoms with van der Waals surface area (Å²) in [4.78, 5) is 35.5. The van der Waals surface area contributed by atoms with Crippen LogP contribution in [0.1, 0.15) is 37.7 Å². The first-order valence-corrected chi connectivity index (χ1v) is 10.3. The van der Waals surface area contributed by atoms with Crippen LogP contribution >= 0.6 is 22.6 Å². The summed E-state index contributed by atoms with van der Waals surface area (Å²) in [6.07, 6.45) is 2.06. The molecule has 1 aromatic rings. The molecule has 0 saturated carbocycles. The topological polar surface area (TPSA) is 114 Å². The lowest BCUT2D eigenvalue weighted by Gasteiger charge is -2.19. The summed E-state index contributed by atoms with van der Waals surface area (Å²) in [5.41, 5.74) is 0.897. The lowest BCUT2D eigenvalue weighted by molar-refractivity contribution is -0.168. The van der Waals surface area contributed by atoms with Gasteiger partial charge in [-0.25, -0.2) is 14.4 Å². The Labute approximate surface area is 177 Å². The van der Waals surface area contributed by atoms with Gasteiger partial charge in [0.25, 0.3) is 0 Å². The Kier molecular flexibility index (Phi) is 9.13. The minimum Gasteiger partial charge on any atom is -0.445 e. The van der Waals surface area contributed by atoms with Crippen LogP contribution in [0.4, 0.5) is 4.79 Å². The van der Waals surface area contributed by atoms with Crippen LogP contribution in [0.2, 0.25) is 0 Å². The molecule has 1 saturated heterocycles. The zero-order valence-corrected chi connectivity index (χ0v) is 17.6. The van der Waals surface area contributed by atoms with Crippen LogP contribution in [-0.4, -0.2) is 45.9 Å². The fourth-order valence-corrected chi connectivity index (χ4v) is 3.17. The number of alkyl halides is 1. The maximum Gasteiger partial charge on any atom is 0.407 e. The molecule has 0 bridgehead atoms. The molecule has 1 heterocycles. The zero-order valence-electron chi connectivity index (χ0n) is 15.5. The number of carbonyl (C=O) groups excluding carboxylic acids is 3. The van der Waals surface area contributed by atoms with E-state index >= 15 is 0 Å². The molecule has 2 atom stereocenters. The van der Waals surface area contributed by atoms with Gasteiger partial charge in [0.05, 0.1) is 0 Å². The number of hydrogen-bond acceptors (Lipinski definition) is 7. The highest BCUT2D eigenvalue weighted by molar-refractivity contribution is 14.1. The number of esters is 2. The fraction of sp³-hybridized carbons (Fsp3) is 0.526. The quantitative estimate of drug-likeness (QED) is 0.155. The highest BCUT2D eigenvalue weighted by Gasteiger charge is 2.37. The Hall–Kier alpha value is -1.72. The number of aliphatic hydroxyl groups is 1. The molecular weight excluding hydrogens is 479 g/mol. The summed E-state index contributed by atoms with van der Waals surface area (Å²) in [6, 6.07) is 8.86. The van der Waals surface area contributed by atoms with E-state index in [1.807, 2.05) is 30.3 Å². The summed E-state index contributed by atoms with van der Waals surface area (Å²) >= 11 is 1.58. The molecule has 1 aromatic carbocycles. The Morgan fingerprint density at radius 1 is 1.25 bits per heavy atom. The average Bonchev–Trinajstić information content (AvgIpc) is 3.21. The van der Waals surface area contributed by atoms with Crippen LogP contribution in [0.3, 0.4) is 0 Å². The smallest absolute Gasteiger partial charge is 0.407 e. The molecule has 0 radical (unpaired) electrons. The van der Waals surface area contributed by atoms with Crippen molar-refractivity contribution < 1.29 is 29.0 Å². The van der Waals surface area contributed by atoms with Gasteiger partial charge in [-0.3, -0.25) is 0 Å². The van der Waals surface area contributed by atoms with Crippen molar-refractivity contribution >= 4 is 40.6 Å². The van der Waals surface area contributed by atoms with Gasteiger partial charge in [0.1, 0.15) is 12.6 Å². The number of halogens is 1. The average molecular weight is 504 g/mol. The van der Waals surface area contributed by atoms with Crippen LogP contribution in [0.15, 0.2) is 30.3 Å². The minimum atomic E-state index is -1.78. The minimum absolute atomic E-state index is 0.110. The third kappa shape index (κ3) is 7.72. The molecule has 1 aliphatic rings. The van der Waals surface area contributed by atoms with Gasteiger partial charge < -0.3 is 25.2 Å². The third-order valence-corrected chi connectivity index (χ3v) is 5.25. The Morgan fingerprint density at radius 2 is 2.00 bits per heavy atom. The lowest BCUT2D eigenvalue weighted by Crippen LogP contribution is -2.40. The van der Waals surface area contributed by atoms with E-state index in [4.69, 9.17) is 9.47 Å². The van der Waals surface area contributed by atoms with E-state index in [-0.39, 0.29) is 13.0 Å². The SMILES string of the molecule is O=C(NCCCCC(O)(I)C(=O)OC(=O)[C@@H]1CCCN1)OCc1ccccc1. The van der Waals surface area contributed by atoms with Gasteiger partial charge in [-0.15, -0.1) is 0 Å². The first kappa shape index (κ1) is 22.6. The maximum atomic E-state index is 12.0. The first-order valence-electron chi connectivity index (χ1n) is 9.24. The molecule has 0 spiro atoms. The molecule has 0 aromatic heterocycles. The summed E-state index contributed by atoms with van der Waals surface area (Å²) < 4.78 is 8.09. The molecule has 8 nitrogen and oxygen atoms in total. The zero-order chi connectivity index (χ0) is 20.4. The molecule has 1 amide bonds. The van der Waals surface area contributed by atoms with E-state index in [1.165, 1.54) is 0 Å². The molecule has 28 heavy (non-hydrogen) atoms. The van der Waals surface area contributed by atoms with E-state index in [0.29, 0.717) is 32.4 Å². The van der Waals surface area contributed by atoms with Gasteiger partial charge in [-0.05, 0) is 66.8 Å². The van der Waals surface area contributed by atoms with Crippen molar-refractivity contribution in [2.24, 2.45) is 0 Å². The monoisotopic (exact) mass is 504 g/mol. The normalized spacial score (nSPS) is 18.1. The second kappa shape index (κ2) is 11.3. The van der Waals surface area contributed by atoms with Crippen molar-refractivity contribution in [2.75, 3.05) is 13.1 Å². The number of nitrogens with one attached hydrogen (secondary N) is 2. The second-order valence-electron chi connectivity index (χ2n) is 6.56. The van der Waals surface area contributed by atoms with Gasteiger partial charge >= 0.3 is 18.0 Å². The molecule has 9 heteroatoms. The molecule has 1 aliphatic heterocycles. The van der Waals surface area contributed by atoms with E-state index in [9.17, 15) is 19.5 Å². The van der Waals surface area contributed by atoms with E-state index < -0.39 is 27.7 Å². The third-order valence-electron chi connectivity index (χ3n) is 4.27. The van der Waals surface area contributed by atoms with Gasteiger partial charge in [-0.2, -0.15) is 0 Å². The molecule has 2 rings (SSSR count). The number of ether oxygens (including phenoxy) is 2. The molecule has 1 unspecified atom stereocenters. The standard InChI is InChI=1S/C19H25IN2O6/c20-19(26,17(24)28-16(23)15-9-6-12-21-15)10-4-5-11-22-18(25)27-13-14-7-2-1-3-8-14/h1-3,7-8,15,21,26H,4-6,9-13H2,(H,22,25)/t15-,19?/m0/s1. The highest BCUT2D eigenvalue weighted by Crippen LogP contribution is 2.24. The largest absolute Gasteiger partial charge is 0.445 e. The number of hydrogen-bond donors (Lipinski definition) is 3. The summed E-state index contributed by atoms with van der Waals surface area (Å²) in [6.45, 7) is 1.25. The lowest BCUT2D eigenvalue weighted by atomic mass is 10.1. The fourth-order valence-electron chi connectivity index (χ4n) is 2.68. The van der Waals surface area contributed by atoms with E-state index in [0.717, 1.165) is 12.0 Å². The van der Waals surface area contributed by atoms with Crippen LogP contribution in [0, 0.1) is 0 Å². The van der Waals surface area contributed by atoms with Crippen molar-refractivity contribution in [3.63, 3.8) is 0 Å². The Bertz CT molecular complexity index is 662. The number of alkyl carbamates (subject to hydrolysis) is 1. The van der Waals surface area contributed by atoms with Crippen LogP contribution in [0.5, 0.6) is 0 Å². The van der Waals surface area contributed by atoms with Crippen LogP contribution in [-0.2, 0) is 25.7 Å². The summed E-state index contributed by atoms with van der Waals surface area (Å²) in [5, 5.41) is 15.8. The Morgan fingerprint density at radius 3 is 2.68 bits per heavy atom. The Balaban J connectivity index is 1.58. The van der Waals surface area contributed by atoms with Crippen molar-refractivity contribution in [1.29, 1.82) is 0 Å². The summed E-state index contributed by atoms with van der Waals surface area (Å²) in [5.74, 6) is -1.61. The van der Waals surface area contributed by atoms with Crippen molar-refractivity contribution in [1.82, 2.24) is 10.6 Å². The van der Waals surface area contributed by atoms with Crippen molar-refractivity contribution in [2.45, 2.75) is 48.4 Å².